The summed E-state index contributed by atoms with van der Waals surface area (Å²) in [4.78, 5) is 25.3. The molecule has 0 aliphatic carbocycles. The number of unbranched alkanes of at least 4 members (excludes halogenated alkanes) is 2. The number of carboxylic acids is 1. The Morgan fingerprint density at radius 2 is 1.95 bits per heavy atom. The predicted molar refractivity (Wildman–Crippen MR) is 76.5 cm³/mol. The van der Waals surface area contributed by atoms with Gasteiger partial charge in [-0.3, -0.25) is 14.5 Å². The molecule has 0 bridgehead atoms. The van der Waals surface area contributed by atoms with Crippen LogP contribution in [0.5, 0.6) is 0 Å². The van der Waals surface area contributed by atoms with Crippen LogP contribution in [0.25, 0.3) is 0 Å². The van der Waals surface area contributed by atoms with Crippen LogP contribution < -0.4 is 0 Å². The highest BCUT2D eigenvalue weighted by molar-refractivity contribution is 5.79. The van der Waals surface area contributed by atoms with Gasteiger partial charge in [-0.15, -0.1) is 0 Å². The third-order valence-corrected chi connectivity index (χ3v) is 3.48. The van der Waals surface area contributed by atoms with Crippen molar-refractivity contribution in [3.63, 3.8) is 0 Å². The van der Waals surface area contributed by atoms with E-state index < -0.39 is 23.5 Å². The van der Waals surface area contributed by atoms with Crippen LogP contribution in [0.15, 0.2) is 0 Å². The van der Waals surface area contributed by atoms with E-state index in [2.05, 4.69) is 6.92 Å². The van der Waals surface area contributed by atoms with Gasteiger partial charge in [0, 0.05) is 6.54 Å². The van der Waals surface area contributed by atoms with Gasteiger partial charge < -0.3 is 9.84 Å². The van der Waals surface area contributed by atoms with E-state index in [-0.39, 0.29) is 5.97 Å². The van der Waals surface area contributed by atoms with E-state index in [0.717, 1.165) is 25.8 Å². The summed E-state index contributed by atoms with van der Waals surface area (Å²) in [6.07, 6.45) is 3.54. The molecule has 0 amide bonds. The molecule has 0 aromatic rings. The van der Waals surface area contributed by atoms with Gasteiger partial charge in [-0.2, -0.15) is 0 Å². The predicted octanol–water partition coefficient (Wildman–Crippen LogP) is 2.29. The molecule has 0 aromatic heterocycles. The fourth-order valence-electron chi connectivity index (χ4n) is 2.51. The fraction of sp³-hybridized carbons (Fsp3) is 0.867. The van der Waals surface area contributed by atoms with Gasteiger partial charge in [0.25, 0.3) is 0 Å². The van der Waals surface area contributed by atoms with E-state index in [0.29, 0.717) is 13.0 Å². The van der Waals surface area contributed by atoms with E-state index in [1.807, 2.05) is 25.7 Å². The minimum absolute atomic E-state index is 0.294. The second kappa shape index (κ2) is 7.07. The maximum atomic E-state index is 12.2. The lowest BCUT2D eigenvalue weighted by molar-refractivity contribution is -0.160. The summed E-state index contributed by atoms with van der Waals surface area (Å²) in [5.41, 5.74) is -0.534. The van der Waals surface area contributed by atoms with Crippen LogP contribution >= 0.6 is 0 Å². The Balaban J connectivity index is 2.67. The Hall–Kier alpha value is -1.10. The quantitative estimate of drug-likeness (QED) is 0.599. The first-order valence-corrected chi connectivity index (χ1v) is 7.44. The van der Waals surface area contributed by atoms with Crippen LogP contribution in [-0.2, 0) is 14.3 Å². The van der Waals surface area contributed by atoms with Crippen molar-refractivity contribution in [3.05, 3.63) is 0 Å². The lowest BCUT2D eigenvalue weighted by Crippen LogP contribution is -2.40. The number of ether oxygens (including phenoxy) is 1. The molecule has 1 saturated heterocycles. The summed E-state index contributed by atoms with van der Waals surface area (Å²) in [6.45, 7) is 8.82. The molecule has 5 nitrogen and oxygen atoms in total. The Labute approximate surface area is 121 Å². The molecule has 0 aromatic carbocycles. The van der Waals surface area contributed by atoms with Crippen molar-refractivity contribution < 1.29 is 19.4 Å². The summed E-state index contributed by atoms with van der Waals surface area (Å²) in [7, 11) is 0. The van der Waals surface area contributed by atoms with Gasteiger partial charge in [0.05, 0.1) is 5.92 Å². The van der Waals surface area contributed by atoms with Crippen LogP contribution in [0, 0.1) is 5.92 Å². The molecule has 116 valence electrons. The van der Waals surface area contributed by atoms with E-state index >= 15 is 0 Å². The molecule has 1 rings (SSSR count). The van der Waals surface area contributed by atoms with Gasteiger partial charge in [-0.1, -0.05) is 19.8 Å². The van der Waals surface area contributed by atoms with Crippen molar-refractivity contribution in [1.29, 1.82) is 0 Å². The highest BCUT2D eigenvalue weighted by Gasteiger charge is 2.41. The molecule has 0 saturated carbocycles. The standard InChI is InChI=1S/C15H27NO4/c1-5-6-7-8-16-10-11(13(17)18)9-12(16)14(19)20-15(2,3)4/h11-12H,5-10H2,1-4H3,(H,17,18). The number of likely N-dealkylation sites (tertiary alicyclic amines) is 1. The topological polar surface area (TPSA) is 66.8 Å². The van der Waals surface area contributed by atoms with Gasteiger partial charge >= 0.3 is 11.9 Å². The second-order valence-corrected chi connectivity index (χ2v) is 6.52. The number of carboxylic acid groups (broad SMARTS) is 1. The zero-order valence-electron chi connectivity index (χ0n) is 13.0. The molecule has 1 heterocycles. The van der Waals surface area contributed by atoms with Crippen LogP contribution in [0.3, 0.4) is 0 Å². The zero-order chi connectivity index (χ0) is 15.3. The van der Waals surface area contributed by atoms with Crippen LogP contribution in [0.4, 0.5) is 0 Å². The molecule has 0 radical (unpaired) electrons. The molecule has 1 fully saturated rings. The number of carbonyl (C=O) groups excluding carboxylic acids is 1. The lowest BCUT2D eigenvalue weighted by atomic mass is 10.1. The Kier molecular flexibility index (Phi) is 5.99. The van der Waals surface area contributed by atoms with Crippen molar-refractivity contribution in [1.82, 2.24) is 4.90 Å². The number of rotatable bonds is 6. The van der Waals surface area contributed by atoms with E-state index in [1.165, 1.54) is 0 Å². The number of carbonyl (C=O) groups is 2. The summed E-state index contributed by atoms with van der Waals surface area (Å²) in [5.74, 6) is -1.58. The van der Waals surface area contributed by atoms with Gasteiger partial charge in [0.2, 0.25) is 0 Å². The van der Waals surface area contributed by atoms with Gasteiger partial charge in [0.1, 0.15) is 11.6 Å². The summed E-state index contributed by atoms with van der Waals surface area (Å²) < 4.78 is 5.41. The number of hydrogen-bond acceptors (Lipinski definition) is 4. The van der Waals surface area contributed by atoms with Crippen LogP contribution in [-0.4, -0.2) is 46.7 Å². The first-order chi connectivity index (χ1) is 9.24. The molecule has 2 atom stereocenters. The van der Waals surface area contributed by atoms with Gasteiger partial charge in [0.15, 0.2) is 0 Å². The van der Waals surface area contributed by atoms with Crippen molar-refractivity contribution in [2.45, 2.75) is 65.0 Å². The van der Waals surface area contributed by atoms with E-state index in [4.69, 9.17) is 9.84 Å². The third-order valence-electron chi connectivity index (χ3n) is 3.48. The van der Waals surface area contributed by atoms with Gasteiger partial charge in [-0.25, -0.2) is 0 Å². The highest BCUT2D eigenvalue weighted by atomic mass is 16.6. The molecule has 1 aliphatic heterocycles. The molecule has 1 N–H and O–H groups in total. The lowest BCUT2D eigenvalue weighted by Gasteiger charge is -2.27. The maximum Gasteiger partial charge on any atom is 0.323 e. The summed E-state index contributed by atoms with van der Waals surface area (Å²) in [5, 5.41) is 9.16. The van der Waals surface area contributed by atoms with Crippen molar-refractivity contribution in [2.24, 2.45) is 5.92 Å². The van der Waals surface area contributed by atoms with E-state index in [9.17, 15) is 9.59 Å². The molecule has 0 spiro atoms. The van der Waals surface area contributed by atoms with E-state index in [1.54, 1.807) is 0 Å². The normalized spacial score (nSPS) is 23.8. The Morgan fingerprint density at radius 3 is 2.45 bits per heavy atom. The average molecular weight is 285 g/mol. The Bertz CT molecular complexity index is 348. The summed E-state index contributed by atoms with van der Waals surface area (Å²) in [6, 6.07) is -0.410. The molecule has 20 heavy (non-hydrogen) atoms. The number of aliphatic carboxylic acids is 1. The number of nitrogens with zero attached hydrogens (tertiary/aromatic N) is 1. The number of hydrogen-bond donors (Lipinski definition) is 1. The Morgan fingerprint density at radius 1 is 1.30 bits per heavy atom. The molecule has 1 aliphatic rings. The third kappa shape index (κ3) is 5.12. The minimum Gasteiger partial charge on any atom is -0.481 e. The first-order valence-electron chi connectivity index (χ1n) is 7.44. The molecule has 2 unspecified atom stereocenters. The smallest absolute Gasteiger partial charge is 0.323 e. The van der Waals surface area contributed by atoms with Gasteiger partial charge in [-0.05, 0) is 40.2 Å². The molecule has 5 heteroatoms. The first kappa shape index (κ1) is 17.0. The largest absolute Gasteiger partial charge is 0.481 e. The van der Waals surface area contributed by atoms with Crippen molar-refractivity contribution >= 4 is 11.9 Å². The maximum absolute atomic E-state index is 12.2. The SMILES string of the molecule is CCCCCN1CC(C(=O)O)CC1C(=O)OC(C)(C)C. The van der Waals surface area contributed by atoms with Crippen LogP contribution in [0.2, 0.25) is 0 Å². The zero-order valence-corrected chi connectivity index (χ0v) is 13.0. The summed E-state index contributed by atoms with van der Waals surface area (Å²) >= 11 is 0. The van der Waals surface area contributed by atoms with Crippen LogP contribution in [0.1, 0.15) is 53.4 Å². The van der Waals surface area contributed by atoms with Crippen molar-refractivity contribution in [2.75, 3.05) is 13.1 Å². The monoisotopic (exact) mass is 285 g/mol. The fourth-order valence-corrected chi connectivity index (χ4v) is 2.51. The number of esters is 1. The average Bonchev–Trinajstić information content (AvgIpc) is 2.71. The molecular weight excluding hydrogens is 258 g/mol. The highest BCUT2D eigenvalue weighted by Crippen LogP contribution is 2.26. The van der Waals surface area contributed by atoms with Crippen molar-refractivity contribution in [3.8, 4) is 0 Å². The molecular formula is C15H27NO4. The minimum atomic E-state index is -0.823. The second-order valence-electron chi connectivity index (χ2n) is 6.52.